The number of hydrogen-bond donors (Lipinski definition) is 3. The number of ether oxygens (including phenoxy) is 1. The normalized spacial score (nSPS) is 17.4. The van der Waals surface area contributed by atoms with Crippen LogP contribution >= 0.6 is 11.6 Å². The number of fused-ring (bicyclic) bond motifs is 1. The van der Waals surface area contributed by atoms with Crippen LogP contribution in [0.1, 0.15) is 36.7 Å². The zero-order valence-electron chi connectivity index (χ0n) is 13.3. The van der Waals surface area contributed by atoms with Gasteiger partial charge in [0.25, 0.3) is 0 Å². The SMILES string of the molecule is C[C@@H](N)c1cccc(NC(=O)N[C@H]2CCOc3c(Cl)cccc32)n1. The Morgan fingerprint density at radius 3 is 2.96 bits per heavy atom. The first kappa shape index (κ1) is 16.5. The molecule has 0 bridgehead atoms. The van der Waals surface area contributed by atoms with Crippen molar-refractivity contribution in [3.8, 4) is 5.75 Å². The largest absolute Gasteiger partial charge is 0.492 e. The predicted octanol–water partition coefficient (Wildman–Crippen LogP) is 3.40. The van der Waals surface area contributed by atoms with Crippen LogP contribution in [0.4, 0.5) is 10.6 Å². The number of carbonyl (C=O) groups excluding carboxylic acids is 1. The molecule has 0 saturated carbocycles. The van der Waals surface area contributed by atoms with E-state index in [2.05, 4.69) is 15.6 Å². The summed E-state index contributed by atoms with van der Waals surface area (Å²) in [6.45, 7) is 2.34. The van der Waals surface area contributed by atoms with Crippen LogP contribution in [0.2, 0.25) is 5.02 Å². The van der Waals surface area contributed by atoms with Crippen molar-refractivity contribution in [1.29, 1.82) is 0 Å². The molecule has 24 heavy (non-hydrogen) atoms. The van der Waals surface area contributed by atoms with Crippen LogP contribution in [0, 0.1) is 0 Å². The minimum absolute atomic E-state index is 0.163. The summed E-state index contributed by atoms with van der Waals surface area (Å²) >= 11 is 6.15. The molecule has 2 atom stereocenters. The number of halogens is 1. The highest BCUT2D eigenvalue weighted by Gasteiger charge is 2.24. The second kappa shape index (κ2) is 7.07. The topological polar surface area (TPSA) is 89.3 Å². The van der Waals surface area contributed by atoms with E-state index < -0.39 is 0 Å². The number of amides is 2. The molecule has 2 amide bonds. The molecule has 0 saturated heterocycles. The average molecular weight is 347 g/mol. The summed E-state index contributed by atoms with van der Waals surface area (Å²) in [4.78, 5) is 16.6. The standard InChI is InChI=1S/C17H19ClN4O2/c1-10(19)13-6-3-7-15(20-13)22-17(23)21-14-8-9-24-16-11(14)4-2-5-12(16)18/h2-7,10,14H,8-9,19H2,1H3,(H2,20,21,22,23)/t10-,14+/m1/s1. The van der Waals surface area contributed by atoms with Crippen LogP contribution in [0.25, 0.3) is 0 Å². The first-order valence-corrected chi connectivity index (χ1v) is 8.13. The summed E-state index contributed by atoms with van der Waals surface area (Å²) in [6, 6.07) is 10.2. The van der Waals surface area contributed by atoms with Crippen molar-refractivity contribution < 1.29 is 9.53 Å². The van der Waals surface area contributed by atoms with Gasteiger partial charge in [-0.3, -0.25) is 5.32 Å². The molecule has 0 spiro atoms. The highest BCUT2D eigenvalue weighted by Crippen LogP contribution is 2.37. The molecule has 1 aliphatic rings. The number of nitrogens with zero attached hydrogens (tertiary/aromatic N) is 1. The fourth-order valence-corrected chi connectivity index (χ4v) is 2.86. The minimum atomic E-state index is -0.331. The number of para-hydroxylation sites is 1. The number of pyridine rings is 1. The van der Waals surface area contributed by atoms with Crippen LogP contribution in [0.15, 0.2) is 36.4 Å². The van der Waals surface area contributed by atoms with E-state index in [0.29, 0.717) is 29.6 Å². The van der Waals surface area contributed by atoms with Crippen LogP contribution in [-0.2, 0) is 0 Å². The molecule has 126 valence electrons. The van der Waals surface area contributed by atoms with Crippen molar-refractivity contribution in [2.75, 3.05) is 11.9 Å². The number of aromatic nitrogens is 1. The van der Waals surface area contributed by atoms with E-state index in [9.17, 15) is 4.79 Å². The fourth-order valence-electron chi connectivity index (χ4n) is 2.62. The maximum Gasteiger partial charge on any atom is 0.320 e. The molecule has 0 fully saturated rings. The summed E-state index contributed by atoms with van der Waals surface area (Å²) < 4.78 is 5.60. The second-order valence-electron chi connectivity index (χ2n) is 5.68. The highest BCUT2D eigenvalue weighted by atomic mass is 35.5. The molecule has 7 heteroatoms. The Morgan fingerprint density at radius 1 is 1.38 bits per heavy atom. The van der Waals surface area contributed by atoms with Crippen LogP contribution in [0.3, 0.4) is 0 Å². The number of urea groups is 1. The predicted molar refractivity (Wildman–Crippen MR) is 93.3 cm³/mol. The van der Waals surface area contributed by atoms with Gasteiger partial charge in [0.2, 0.25) is 0 Å². The number of carbonyl (C=O) groups is 1. The van der Waals surface area contributed by atoms with E-state index in [1.54, 1.807) is 12.1 Å². The Labute approximate surface area is 145 Å². The lowest BCUT2D eigenvalue weighted by atomic mass is 10.0. The number of nitrogens with one attached hydrogen (secondary N) is 2. The Bertz CT molecular complexity index is 751. The van der Waals surface area contributed by atoms with E-state index in [1.807, 2.05) is 31.2 Å². The van der Waals surface area contributed by atoms with Crippen molar-refractivity contribution in [2.45, 2.75) is 25.4 Å². The van der Waals surface area contributed by atoms with E-state index in [1.165, 1.54) is 0 Å². The first-order chi connectivity index (χ1) is 11.5. The summed E-state index contributed by atoms with van der Waals surface area (Å²) in [5.74, 6) is 1.09. The lowest BCUT2D eigenvalue weighted by molar-refractivity contribution is 0.232. The Morgan fingerprint density at radius 2 is 2.17 bits per heavy atom. The van der Waals surface area contributed by atoms with Gasteiger partial charge in [0, 0.05) is 18.0 Å². The first-order valence-electron chi connectivity index (χ1n) is 7.76. The van der Waals surface area contributed by atoms with Gasteiger partial charge < -0.3 is 15.8 Å². The summed E-state index contributed by atoms with van der Waals surface area (Å²) in [5, 5.41) is 6.23. The summed E-state index contributed by atoms with van der Waals surface area (Å²) in [5.41, 5.74) is 7.41. The minimum Gasteiger partial charge on any atom is -0.492 e. The van der Waals surface area contributed by atoms with Crippen molar-refractivity contribution in [2.24, 2.45) is 5.73 Å². The second-order valence-corrected chi connectivity index (χ2v) is 6.09. The van der Waals surface area contributed by atoms with Crippen molar-refractivity contribution in [3.63, 3.8) is 0 Å². The maximum atomic E-state index is 12.3. The molecule has 0 unspecified atom stereocenters. The van der Waals surface area contributed by atoms with E-state index in [4.69, 9.17) is 22.1 Å². The Kier molecular flexibility index (Phi) is 4.87. The summed E-state index contributed by atoms with van der Waals surface area (Å²) in [7, 11) is 0. The number of benzene rings is 1. The molecule has 6 nitrogen and oxygen atoms in total. The molecule has 3 rings (SSSR count). The van der Waals surface area contributed by atoms with Crippen LogP contribution < -0.4 is 21.1 Å². The molecule has 2 aromatic rings. The molecule has 1 aromatic heterocycles. The zero-order valence-corrected chi connectivity index (χ0v) is 14.0. The Balaban J connectivity index is 1.70. The van der Waals surface area contributed by atoms with Gasteiger partial charge >= 0.3 is 6.03 Å². The molecular weight excluding hydrogens is 328 g/mol. The third-order valence-corrected chi connectivity index (χ3v) is 4.11. The molecule has 4 N–H and O–H groups in total. The van der Waals surface area contributed by atoms with Gasteiger partial charge in [-0.1, -0.05) is 29.8 Å². The number of hydrogen-bond acceptors (Lipinski definition) is 4. The Hall–Kier alpha value is -2.31. The van der Waals surface area contributed by atoms with E-state index in [-0.39, 0.29) is 18.1 Å². The molecule has 1 aliphatic heterocycles. The number of rotatable bonds is 3. The van der Waals surface area contributed by atoms with Gasteiger partial charge in [-0.15, -0.1) is 0 Å². The number of anilines is 1. The quantitative estimate of drug-likeness (QED) is 0.794. The lowest BCUT2D eigenvalue weighted by Crippen LogP contribution is -2.35. The summed E-state index contributed by atoms with van der Waals surface area (Å²) in [6.07, 6.45) is 0.675. The van der Waals surface area contributed by atoms with Gasteiger partial charge in [-0.05, 0) is 25.1 Å². The molecular formula is C17H19ClN4O2. The van der Waals surface area contributed by atoms with Gasteiger partial charge in [0.05, 0.1) is 23.4 Å². The van der Waals surface area contributed by atoms with Crippen LogP contribution in [0.5, 0.6) is 5.75 Å². The van der Waals surface area contributed by atoms with Gasteiger partial charge in [0.15, 0.2) is 0 Å². The van der Waals surface area contributed by atoms with E-state index in [0.717, 1.165) is 11.3 Å². The lowest BCUT2D eigenvalue weighted by Gasteiger charge is -2.27. The van der Waals surface area contributed by atoms with Crippen molar-refractivity contribution >= 4 is 23.4 Å². The smallest absolute Gasteiger partial charge is 0.320 e. The van der Waals surface area contributed by atoms with Crippen molar-refractivity contribution in [1.82, 2.24) is 10.3 Å². The molecule has 2 heterocycles. The maximum absolute atomic E-state index is 12.3. The third-order valence-electron chi connectivity index (χ3n) is 3.81. The molecule has 0 aliphatic carbocycles. The molecule has 0 radical (unpaired) electrons. The van der Waals surface area contributed by atoms with Gasteiger partial charge in [-0.2, -0.15) is 0 Å². The fraction of sp³-hybridized carbons (Fsp3) is 0.294. The highest BCUT2D eigenvalue weighted by molar-refractivity contribution is 6.32. The number of nitrogens with two attached hydrogens (primary N) is 1. The van der Waals surface area contributed by atoms with E-state index >= 15 is 0 Å². The zero-order chi connectivity index (χ0) is 17.1. The van der Waals surface area contributed by atoms with Crippen molar-refractivity contribution in [3.05, 3.63) is 52.7 Å². The van der Waals surface area contributed by atoms with Gasteiger partial charge in [-0.25, -0.2) is 9.78 Å². The average Bonchev–Trinajstić information content (AvgIpc) is 2.56. The third kappa shape index (κ3) is 3.60. The van der Waals surface area contributed by atoms with Crippen LogP contribution in [-0.4, -0.2) is 17.6 Å². The molecule has 1 aromatic carbocycles. The monoisotopic (exact) mass is 346 g/mol. The van der Waals surface area contributed by atoms with Gasteiger partial charge in [0.1, 0.15) is 11.6 Å².